The summed E-state index contributed by atoms with van der Waals surface area (Å²) in [5.74, 6) is -3.23. The van der Waals surface area contributed by atoms with Crippen molar-refractivity contribution in [2.75, 3.05) is 6.54 Å². The van der Waals surface area contributed by atoms with E-state index in [0.717, 1.165) is 0 Å². The first-order valence-electron chi connectivity index (χ1n) is 11.6. The van der Waals surface area contributed by atoms with E-state index in [1.165, 1.54) is 11.0 Å². The Balaban J connectivity index is 2.89. The summed E-state index contributed by atoms with van der Waals surface area (Å²) in [7, 11) is 0. The monoisotopic (exact) mass is 500 g/mol. The molecule has 2 heterocycles. The first kappa shape index (κ1) is 28.3. The Labute approximate surface area is 206 Å². The topological polar surface area (TPSA) is 111 Å². The van der Waals surface area contributed by atoms with Crippen molar-refractivity contribution in [3.8, 4) is 0 Å². The van der Waals surface area contributed by atoms with Crippen LogP contribution in [0.2, 0.25) is 5.15 Å². The van der Waals surface area contributed by atoms with Crippen LogP contribution in [0.25, 0.3) is 0 Å². The molecule has 1 aromatic rings. The van der Waals surface area contributed by atoms with Gasteiger partial charge in [0.2, 0.25) is 0 Å². The van der Waals surface area contributed by atoms with E-state index in [2.05, 4.69) is 4.98 Å². The van der Waals surface area contributed by atoms with Crippen LogP contribution in [0.5, 0.6) is 0 Å². The Morgan fingerprint density at radius 1 is 1.24 bits per heavy atom. The number of likely N-dealkylation sites (tertiary alicyclic amines) is 1. The van der Waals surface area contributed by atoms with Gasteiger partial charge in [-0.25, -0.2) is 14.2 Å². The van der Waals surface area contributed by atoms with Gasteiger partial charge in [-0.15, -0.1) is 0 Å². The van der Waals surface area contributed by atoms with Crippen LogP contribution in [0.15, 0.2) is 6.07 Å². The molecule has 0 radical (unpaired) electrons. The molecule has 2 rings (SSSR count). The highest BCUT2D eigenvalue weighted by atomic mass is 35.5. The smallest absolute Gasteiger partial charge is 0.407 e. The van der Waals surface area contributed by atoms with E-state index in [-0.39, 0.29) is 35.8 Å². The Morgan fingerprint density at radius 3 is 2.21 bits per heavy atom. The minimum absolute atomic E-state index is 0.00843. The van der Waals surface area contributed by atoms with Crippen molar-refractivity contribution in [3.63, 3.8) is 0 Å². The number of piperidine rings is 1. The number of rotatable bonds is 5. The van der Waals surface area contributed by atoms with Crippen LogP contribution in [0.1, 0.15) is 79.2 Å². The molecule has 0 aromatic carbocycles. The number of carboxylic acid groups (broad SMARTS) is 2. The number of aliphatic carboxylic acids is 1. The number of halogens is 2. The third kappa shape index (κ3) is 5.03. The highest BCUT2D eigenvalue weighted by molar-refractivity contribution is 6.29. The van der Waals surface area contributed by atoms with E-state index in [1.807, 2.05) is 41.5 Å². The van der Waals surface area contributed by atoms with Crippen LogP contribution >= 0.6 is 11.6 Å². The van der Waals surface area contributed by atoms with E-state index < -0.39 is 58.1 Å². The molecule has 34 heavy (non-hydrogen) atoms. The molecule has 1 fully saturated rings. The number of aromatic nitrogens is 1. The number of nitrogens with zero attached hydrogens (tertiary/aromatic N) is 2. The molecule has 7 nitrogen and oxygen atoms in total. The maximum atomic E-state index is 15.6. The molecule has 1 aliphatic rings. The van der Waals surface area contributed by atoms with Gasteiger partial charge in [0.15, 0.2) is 5.82 Å². The Bertz CT molecular complexity index is 942. The third-order valence-corrected chi connectivity index (χ3v) is 7.57. The second kappa shape index (κ2) is 9.61. The summed E-state index contributed by atoms with van der Waals surface area (Å²) < 4.78 is 15.6. The van der Waals surface area contributed by atoms with Crippen molar-refractivity contribution >= 4 is 23.7 Å². The van der Waals surface area contributed by atoms with Crippen LogP contribution in [-0.4, -0.2) is 49.9 Å². The normalized spacial score (nSPS) is 26.9. The molecule has 1 saturated heterocycles. The second-order valence-electron chi connectivity index (χ2n) is 11.7. The molecule has 1 aliphatic heterocycles. The molecule has 1 aromatic heterocycles. The van der Waals surface area contributed by atoms with Gasteiger partial charge in [-0.1, -0.05) is 60.1 Å². The summed E-state index contributed by atoms with van der Waals surface area (Å²) in [4.78, 5) is 30.9. The molecule has 5 atom stereocenters. The van der Waals surface area contributed by atoms with Crippen LogP contribution in [0, 0.1) is 33.9 Å². The highest BCUT2D eigenvalue weighted by Crippen LogP contribution is 2.58. The first-order chi connectivity index (χ1) is 15.4. The maximum Gasteiger partial charge on any atom is 0.407 e. The van der Waals surface area contributed by atoms with E-state index in [1.54, 1.807) is 13.8 Å². The standard InChI is InChI=1S/C25H38ClFN2O5/c1-9-16(30)14-10-18(26)28-15(19(14)27)11-25(21(31)32)17(23(3,4)5)12-29(22(33)34)13(2)20(25)24(6,7)8/h10,13,16-17,20,30H,9,11-12H2,1-8H3,(H,31,32)(H,33,34)/t13-,16?,17?,20?,25-/m1/s1. The summed E-state index contributed by atoms with van der Waals surface area (Å²) in [6.07, 6.45) is -2.25. The lowest BCUT2D eigenvalue weighted by atomic mass is 9.48. The molecular weight excluding hydrogens is 463 g/mol. The van der Waals surface area contributed by atoms with Gasteiger partial charge < -0.3 is 20.2 Å². The highest BCUT2D eigenvalue weighted by Gasteiger charge is 2.64. The minimum Gasteiger partial charge on any atom is -0.481 e. The van der Waals surface area contributed by atoms with Gasteiger partial charge in [0.1, 0.15) is 5.15 Å². The minimum atomic E-state index is -1.55. The molecule has 0 saturated carbocycles. The lowest BCUT2D eigenvalue weighted by Gasteiger charge is -2.60. The van der Waals surface area contributed by atoms with E-state index in [9.17, 15) is 24.9 Å². The summed E-state index contributed by atoms with van der Waals surface area (Å²) in [6.45, 7) is 14.7. The van der Waals surface area contributed by atoms with Crippen molar-refractivity contribution in [1.29, 1.82) is 0 Å². The van der Waals surface area contributed by atoms with Gasteiger partial charge in [0.25, 0.3) is 0 Å². The Morgan fingerprint density at radius 2 is 1.79 bits per heavy atom. The zero-order valence-electron chi connectivity index (χ0n) is 21.3. The number of amides is 1. The van der Waals surface area contributed by atoms with Gasteiger partial charge in [-0.2, -0.15) is 0 Å². The number of hydrogen-bond donors (Lipinski definition) is 3. The van der Waals surface area contributed by atoms with Gasteiger partial charge >= 0.3 is 12.1 Å². The van der Waals surface area contributed by atoms with Gasteiger partial charge in [0, 0.05) is 30.5 Å². The second-order valence-corrected chi connectivity index (χ2v) is 12.1. The van der Waals surface area contributed by atoms with Gasteiger partial charge in [-0.05, 0) is 36.2 Å². The van der Waals surface area contributed by atoms with Gasteiger partial charge in [0.05, 0.1) is 17.2 Å². The molecule has 3 unspecified atom stereocenters. The number of pyridine rings is 1. The number of aliphatic hydroxyl groups is 1. The zero-order valence-corrected chi connectivity index (χ0v) is 22.1. The van der Waals surface area contributed by atoms with E-state index in [0.29, 0.717) is 0 Å². The molecular formula is C25H38ClFN2O5. The third-order valence-electron chi connectivity index (χ3n) is 7.38. The lowest BCUT2D eigenvalue weighted by molar-refractivity contribution is -0.184. The van der Waals surface area contributed by atoms with Crippen molar-refractivity contribution in [1.82, 2.24) is 9.88 Å². The summed E-state index contributed by atoms with van der Waals surface area (Å²) >= 11 is 6.19. The van der Waals surface area contributed by atoms with Crippen molar-refractivity contribution < 1.29 is 29.3 Å². The fourth-order valence-electron chi connectivity index (χ4n) is 6.16. The van der Waals surface area contributed by atoms with Gasteiger partial charge in [-0.3, -0.25) is 4.79 Å². The summed E-state index contributed by atoms with van der Waals surface area (Å²) in [5.41, 5.74) is -2.97. The predicted molar refractivity (Wildman–Crippen MR) is 128 cm³/mol. The van der Waals surface area contributed by atoms with Crippen molar-refractivity contribution in [2.45, 2.75) is 80.4 Å². The molecule has 3 N–H and O–H groups in total. The average Bonchev–Trinajstić information content (AvgIpc) is 2.67. The van der Waals surface area contributed by atoms with Crippen molar-refractivity contribution in [3.05, 3.63) is 28.3 Å². The Hall–Kier alpha value is -1.93. The molecule has 0 bridgehead atoms. The molecule has 1 amide bonds. The van der Waals surface area contributed by atoms with Crippen LogP contribution in [0.3, 0.4) is 0 Å². The van der Waals surface area contributed by atoms with Crippen LogP contribution in [0.4, 0.5) is 9.18 Å². The SMILES string of the molecule is CCC(O)c1cc(Cl)nc(C[C@@]2(C(=O)O)C(C(C)(C)C)CN(C(=O)O)[C@H](C)C2C(C)(C)C)c1F. The fraction of sp³-hybridized carbons (Fsp3) is 0.720. The van der Waals surface area contributed by atoms with Crippen LogP contribution < -0.4 is 0 Å². The predicted octanol–water partition coefficient (Wildman–Crippen LogP) is 5.64. The fourth-order valence-corrected chi connectivity index (χ4v) is 6.38. The summed E-state index contributed by atoms with van der Waals surface area (Å²) in [6, 6.07) is 0.621. The Kier molecular flexibility index (Phi) is 8.00. The van der Waals surface area contributed by atoms with E-state index in [4.69, 9.17) is 11.6 Å². The van der Waals surface area contributed by atoms with Crippen molar-refractivity contribution in [2.24, 2.45) is 28.1 Å². The van der Waals surface area contributed by atoms with Crippen LogP contribution in [-0.2, 0) is 11.2 Å². The quantitative estimate of drug-likeness (QED) is 0.451. The number of carboxylic acids is 1. The lowest BCUT2D eigenvalue weighted by Crippen LogP contribution is -2.68. The average molecular weight is 501 g/mol. The first-order valence-corrected chi connectivity index (χ1v) is 12.0. The number of carbonyl (C=O) groups is 2. The maximum absolute atomic E-state index is 15.6. The molecule has 9 heteroatoms. The number of hydrogen-bond acceptors (Lipinski definition) is 4. The molecule has 192 valence electrons. The van der Waals surface area contributed by atoms with E-state index >= 15 is 4.39 Å². The zero-order chi connectivity index (χ0) is 26.4. The largest absolute Gasteiger partial charge is 0.481 e. The number of aliphatic hydroxyl groups excluding tert-OH is 1. The molecule has 0 aliphatic carbocycles. The summed E-state index contributed by atoms with van der Waals surface area (Å²) in [5, 5.41) is 31.1. The molecule has 0 spiro atoms.